The molecule has 0 bridgehead atoms. The summed E-state index contributed by atoms with van der Waals surface area (Å²) in [6.07, 6.45) is 3.05. The smallest absolute Gasteiger partial charge is 0.0847 e. The van der Waals surface area contributed by atoms with Gasteiger partial charge in [-0.15, -0.1) is 0 Å². The molecule has 0 aliphatic carbocycles. The van der Waals surface area contributed by atoms with Crippen LogP contribution in [-0.2, 0) is 6.42 Å². The van der Waals surface area contributed by atoms with Crippen molar-refractivity contribution in [3.05, 3.63) is 35.4 Å². The van der Waals surface area contributed by atoms with Gasteiger partial charge in [-0.1, -0.05) is 31.2 Å². The van der Waals surface area contributed by atoms with Crippen molar-refractivity contribution in [3.63, 3.8) is 0 Å². The van der Waals surface area contributed by atoms with Gasteiger partial charge in [0, 0.05) is 26.1 Å². The first-order valence-electron chi connectivity index (χ1n) is 5.59. The zero-order chi connectivity index (χ0) is 10.7. The normalized spacial score (nSPS) is 20.7. The van der Waals surface area contributed by atoms with E-state index in [0.29, 0.717) is 5.92 Å². The molecule has 1 aromatic rings. The predicted molar refractivity (Wildman–Crippen MR) is 64.6 cm³/mol. The molecule has 0 amide bonds. The Labute approximate surface area is 91.6 Å². The van der Waals surface area contributed by atoms with E-state index in [1.165, 1.54) is 11.1 Å². The number of aryl methyl sites for hydroxylation is 1. The lowest BCUT2D eigenvalue weighted by molar-refractivity contribution is 0.438. The fourth-order valence-electron chi connectivity index (χ4n) is 2.22. The van der Waals surface area contributed by atoms with Crippen molar-refractivity contribution in [1.29, 1.82) is 0 Å². The van der Waals surface area contributed by atoms with Crippen LogP contribution in [0.15, 0.2) is 29.3 Å². The van der Waals surface area contributed by atoms with Crippen molar-refractivity contribution in [2.45, 2.75) is 19.3 Å². The first-order valence-corrected chi connectivity index (χ1v) is 5.59. The lowest BCUT2D eigenvalue weighted by Gasteiger charge is -2.27. The van der Waals surface area contributed by atoms with Crippen molar-refractivity contribution in [3.8, 4) is 0 Å². The van der Waals surface area contributed by atoms with Crippen molar-refractivity contribution in [2.24, 2.45) is 4.99 Å². The Morgan fingerprint density at radius 2 is 2.20 bits per heavy atom. The molecule has 1 atom stereocenters. The van der Waals surface area contributed by atoms with Crippen LogP contribution in [0.4, 0.5) is 0 Å². The molecule has 2 rings (SSSR count). The summed E-state index contributed by atoms with van der Waals surface area (Å²) >= 11 is 0. The third kappa shape index (κ3) is 2.20. The van der Waals surface area contributed by atoms with Crippen LogP contribution in [0.1, 0.15) is 24.0 Å². The van der Waals surface area contributed by atoms with Crippen LogP contribution in [0.25, 0.3) is 0 Å². The van der Waals surface area contributed by atoms with E-state index in [4.69, 9.17) is 0 Å². The average molecular weight is 202 g/mol. The zero-order valence-electron chi connectivity index (χ0n) is 9.48. The van der Waals surface area contributed by atoms with Gasteiger partial charge in [0.05, 0.1) is 6.34 Å². The molecule has 15 heavy (non-hydrogen) atoms. The quantitative estimate of drug-likeness (QED) is 0.718. The second-order valence-corrected chi connectivity index (χ2v) is 4.17. The summed E-state index contributed by atoms with van der Waals surface area (Å²) in [4.78, 5) is 6.56. The summed E-state index contributed by atoms with van der Waals surface area (Å²) in [5.74, 6) is 0.566. The van der Waals surface area contributed by atoms with E-state index in [0.717, 1.165) is 19.5 Å². The summed E-state index contributed by atoms with van der Waals surface area (Å²) in [5, 5.41) is 0. The SMILES string of the molecule is CCc1ccccc1C1CN=CN(C)C1. The lowest BCUT2D eigenvalue weighted by atomic mass is 9.92. The molecule has 0 fully saturated rings. The maximum atomic E-state index is 4.39. The Balaban J connectivity index is 2.25. The standard InChI is InChI=1S/C13H18N2/c1-3-11-6-4-5-7-13(11)12-8-14-10-15(2)9-12/h4-7,10,12H,3,8-9H2,1-2H3. The van der Waals surface area contributed by atoms with Crippen molar-refractivity contribution >= 4 is 6.34 Å². The molecule has 0 saturated heterocycles. The van der Waals surface area contributed by atoms with Gasteiger partial charge in [0.25, 0.3) is 0 Å². The number of hydrogen-bond acceptors (Lipinski definition) is 2. The number of hydrogen-bond donors (Lipinski definition) is 0. The number of nitrogens with zero attached hydrogens (tertiary/aromatic N) is 2. The molecule has 0 aromatic heterocycles. The first-order chi connectivity index (χ1) is 7.31. The lowest BCUT2D eigenvalue weighted by Crippen LogP contribution is -2.29. The second kappa shape index (κ2) is 4.47. The second-order valence-electron chi connectivity index (χ2n) is 4.17. The molecule has 0 radical (unpaired) electrons. The van der Waals surface area contributed by atoms with Crippen molar-refractivity contribution in [1.82, 2.24) is 4.90 Å². The van der Waals surface area contributed by atoms with E-state index in [-0.39, 0.29) is 0 Å². The summed E-state index contributed by atoms with van der Waals surface area (Å²) in [7, 11) is 2.09. The first kappa shape index (κ1) is 10.2. The van der Waals surface area contributed by atoms with Crippen LogP contribution in [0, 0.1) is 0 Å². The minimum absolute atomic E-state index is 0.566. The van der Waals surface area contributed by atoms with Gasteiger partial charge in [-0.05, 0) is 17.5 Å². The van der Waals surface area contributed by atoms with Gasteiger partial charge in [0.2, 0.25) is 0 Å². The summed E-state index contributed by atoms with van der Waals surface area (Å²) in [5.41, 5.74) is 2.94. The molecule has 0 saturated carbocycles. The number of rotatable bonds is 2. The molecule has 1 aromatic carbocycles. The fourth-order valence-corrected chi connectivity index (χ4v) is 2.22. The van der Waals surface area contributed by atoms with E-state index in [1.54, 1.807) is 0 Å². The Hall–Kier alpha value is -1.31. The van der Waals surface area contributed by atoms with Crippen LogP contribution in [0.5, 0.6) is 0 Å². The largest absolute Gasteiger partial charge is 0.365 e. The van der Waals surface area contributed by atoms with Crippen LogP contribution in [-0.4, -0.2) is 31.4 Å². The molecule has 0 N–H and O–H groups in total. The third-order valence-electron chi connectivity index (χ3n) is 2.99. The number of benzene rings is 1. The summed E-state index contributed by atoms with van der Waals surface area (Å²) in [6, 6.07) is 8.73. The molecule has 1 heterocycles. The molecule has 1 aliphatic heterocycles. The zero-order valence-corrected chi connectivity index (χ0v) is 9.48. The molecular formula is C13H18N2. The summed E-state index contributed by atoms with van der Waals surface area (Å²) < 4.78 is 0. The predicted octanol–water partition coefficient (Wildman–Crippen LogP) is 2.31. The molecular weight excluding hydrogens is 184 g/mol. The molecule has 2 heteroatoms. The van der Waals surface area contributed by atoms with E-state index >= 15 is 0 Å². The van der Waals surface area contributed by atoms with E-state index < -0.39 is 0 Å². The average Bonchev–Trinajstić information content (AvgIpc) is 2.29. The van der Waals surface area contributed by atoms with Gasteiger partial charge >= 0.3 is 0 Å². The monoisotopic (exact) mass is 202 g/mol. The van der Waals surface area contributed by atoms with Crippen molar-refractivity contribution in [2.75, 3.05) is 20.1 Å². The van der Waals surface area contributed by atoms with Gasteiger partial charge < -0.3 is 4.90 Å². The fraction of sp³-hybridized carbons (Fsp3) is 0.462. The van der Waals surface area contributed by atoms with Gasteiger partial charge in [0.1, 0.15) is 0 Å². The molecule has 0 spiro atoms. The summed E-state index contributed by atoms with van der Waals surface area (Å²) in [6.45, 7) is 4.23. The van der Waals surface area contributed by atoms with Crippen LogP contribution >= 0.6 is 0 Å². The highest BCUT2D eigenvalue weighted by Crippen LogP contribution is 2.23. The molecule has 1 aliphatic rings. The van der Waals surface area contributed by atoms with Crippen LogP contribution in [0.2, 0.25) is 0 Å². The Morgan fingerprint density at radius 1 is 1.40 bits per heavy atom. The highest BCUT2D eigenvalue weighted by Gasteiger charge is 2.17. The molecule has 80 valence electrons. The maximum absolute atomic E-state index is 4.39. The van der Waals surface area contributed by atoms with E-state index in [9.17, 15) is 0 Å². The third-order valence-corrected chi connectivity index (χ3v) is 2.99. The van der Waals surface area contributed by atoms with Gasteiger partial charge in [-0.3, -0.25) is 4.99 Å². The topological polar surface area (TPSA) is 15.6 Å². The van der Waals surface area contributed by atoms with E-state index in [2.05, 4.69) is 48.1 Å². The minimum Gasteiger partial charge on any atom is -0.365 e. The molecule has 1 unspecified atom stereocenters. The van der Waals surface area contributed by atoms with Crippen LogP contribution < -0.4 is 0 Å². The minimum atomic E-state index is 0.566. The van der Waals surface area contributed by atoms with Crippen LogP contribution in [0.3, 0.4) is 0 Å². The highest BCUT2D eigenvalue weighted by atomic mass is 15.1. The highest BCUT2D eigenvalue weighted by molar-refractivity contribution is 5.56. The maximum Gasteiger partial charge on any atom is 0.0847 e. The van der Waals surface area contributed by atoms with Gasteiger partial charge in [-0.2, -0.15) is 0 Å². The Morgan fingerprint density at radius 3 is 2.93 bits per heavy atom. The Kier molecular flexibility index (Phi) is 3.05. The number of likely N-dealkylation sites (N-methyl/N-ethyl adjacent to an activating group) is 1. The van der Waals surface area contributed by atoms with Crippen molar-refractivity contribution < 1.29 is 0 Å². The Bertz CT molecular complexity index is 357. The van der Waals surface area contributed by atoms with Gasteiger partial charge in [0.15, 0.2) is 0 Å². The number of aliphatic imine (C=N–C) groups is 1. The molecule has 2 nitrogen and oxygen atoms in total. The van der Waals surface area contributed by atoms with E-state index in [1.807, 2.05) is 6.34 Å². The van der Waals surface area contributed by atoms with Gasteiger partial charge in [-0.25, -0.2) is 0 Å².